The molecule has 4 nitrogen and oxygen atoms in total. The van der Waals surface area contributed by atoms with Crippen LogP contribution in [-0.2, 0) is 17.3 Å². The maximum atomic E-state index is 12.3. The lowest BCUT2D eigenvalue weighted by molar-refractivity contribution is 0.142. The zero-order valence-electron chi connectivity index (χ0n) is 6.41. The average Bonchev–Trinajstić information content (AvgIpc) is 2.29. The second-order valence-electron chi connectivity index (χ2n) is 2.29. The fourth-order valence-corrected chi connectivity index (χ4v) is 1.48. The minimum absolute atomic E-state index is 0.691. The summed E-state index contributed by atoms with van der Waals surface area (Å²) in [6.45, 7) is 0. The van der Waals surface area contributed by atoms with Crippen LogP contribution in [0.2, 0.25) is 0 Å². The molecule has 0 bridgehead atoms. The summed E-state index contributed by atoms with van der Waals surface area (Å²) in [5.74, 6) is 0. The Bertz CT molecular complexity index is 411. The zero-order valence-corrected chi connectivity index (χ0v) is 7.22. The van der Waals surface area contributed by atoms with Gasteiger partial charge in [0, 0.05) is 13.2 Å². The van der Waals surface area contributed by atoms with Crippen LogP contribution in [0.4, 0.5) is 12.7 Å². The molecule has 0 aliphatic rings. The number of halogens is 3. The minimum Gasteiger partial charge on any atom is -0.274 e. The van der Waals surface area contributed by atoms with Gasteiger partial charge >= 0.3 is 10.2 Å². The van der Waals surface area contributed by atoms with Crippen LogP contribution in [0.1, 0.15) is 12.1 Å². The largest absolute Gasteiger partial charge is 0.335 e. The van der Waals surface area contributed by atoms with Crippen LogP contribution in [0.25, 0.3) is 0 Å². The number of aromatic nitrogens is 2. The Balaban J connectivity index is 3.37. The standard InChI is InChI=1S/C5H5F3N2O2S/c1-10-2-3(13(8,11)12)4(9-10)5(6)7/h2,5H,1H3. The average molecular weight is 214 g/mol. The van der Waals surface area contributed by atoms with Crippen LogP contribution in [0.5, 0.6) is 0 Å². The smallest absolute Gasteiger partial charge is 0.274 e. The van der Waals surface area contributed by atoms with E-state index in [-0.39, 0.29) is 0 Å². The predicted molar refractivity (Wildman–Crippen MR) is 36.5 cm³/mol. The summed E-state index contributed by atoms with van der Waals surface area (Å²) in [7, 11) is -3.90. The first kappa shape index (κ1) is 10.0. The van der Waals surface area contributed by atoms with Crippen LogP contribution in [0.3, 0.4) is 0 Å². The Kier molecular flexibility index (Phi) is 2.33. The van der Waals surface area contributed by atoms with E-state index in [1.807, 2.05) is 0 Å². The first-order valence-corrected chi connectivity index (χ1v) is 4.47. The summed E-state index contributed by atoms with van der Waals surface area (Å²) < 4.78 is 57.9. The third-order valence-corrected chi connectivity index (χ3v) is 2.13. The van der Waals surface area contributed by atoms with Gasteiger partial charge < -0.3 is 0 Å². The van der Waals surface area contributed by atoms with Crippen molar-refractivity contribution < 1.29 is 21.1 Å². The molecule has 0 amide bonds. The number of alkyl halides is 2. The van der Waals surface area contributed by atoms with Gasteiger partial charge in [0.1, 0.15) is 10.6 Å². The monoisotopic (exact) mass is 214 g/mol. The Morgan fingerprint density at radius 1 is 1.54 bits per heavy atom. The number of hydrogen-bond donors (Lipinski definition) is 0. The van der Waals surface area contributed by atoms with Gasteiger partial charge in [-0.3, -0.25) is 4.68 Å². The molecule has 1 heterocycles. The van der Waals surface area contributed by atoms with Gasteiger partial charge in [0.25, 0.3) is 6.43 Å². The van der Waals surface area contributed by atoms with Crippen molar-refractivity contribution in [3.05, 3.63) is 11.9 Å². The van der Waals surface area contributed by atoms with Gasteiger partial charge in [0.05, 0.1) is 0 Å². The van der Waals surface area contributed by atoms with Gasteiger partial charge in [0.15, 0.2) is 0 Å². The van der Waals surface area contributed by atoms with Crippen LogP contribution in [0.15, 0.2) is 11.1 Å². The number of hydrogen-bond acceptors (Lipinski definition) is 3. The molecule has 0 spiro atoms. The second-order valence-corrected chi connectivity index (χ2v) is 3.61. The molecule has 1 aromatic heterocycles. The van der Waals surface area contributed by atoms with Crippen LogP contribution in [-0.4, -0.2) is 18.2 Å². The molecule has 0 N–H and O–H groups in total. The van der Waals surface area contributed by atoms with Crippen molar-refractivity contribution in [3.8, 4) is 0 Å². The van der Waals surface area contributed by atoms with E-state index in [2.05, 4.69) is 5.10 Å². The molecule has 0 atom stereocenters. The van der Waals surface area contributed by atoms with E-state index in [4.69, 9.17) is 0 Å². The van der Waals surface area contributed by atoms with E-state index in [9.17, 15) is 21.1 Å². The molecule has 0 aliphatic heterocycles. The third-order valence-electron chi connectivity index (χ3n) is 1.29. The van der Waals surface area contributed by atoms with Crippen molar-refractivity contribution in [2.45, 2.75) is 11.3 Å². The summed E-state index contributed by atoms with van der Waals surface area (Å²) in [6.07, 6.45) is -2.42. The lowest BCUT2D eigenvalue weighted by Gasteiger charge is -1.94. The van der Waals surface area contributed by atoms with Gasteiger partial charge in [-0.1, -0.05) is 0 Å². The highest BCUT2D eigenvalue weighted by Crippen LogP contribution is 2.25. The molecule has 13 heavy (non-hydrogen) atoms. The number of nitrogens with zero attached hydrogens (tertiary/aromatic N) is 2. The van der Waals surface area contributed by atoms with Crippen molar-refractivity contribution in [2.24, 2.45) is 7.05 Å². The molecule has 0 saturated heterocycles. The second kappa shape index (κ2) is 3.02. The lowest BCUT2D eigenvalue weighted by atomic mass is 10.5. The van der Waals surface area contributed by atoms with E-state index < -0.39 is 27.2 Å². The predicted octanol–water partition coefficient (Wildman–Crippen LogP) is 1.02. The van der Waals surface area contributed by atoms with Crippen LogP contribution < -0.4 is 0 Å². The fraction of sp³-hybridized carbons (Fsp3) is 0.400. The lowest BCUT2D eigenvalue weighted by Crippen LogP contribution is -1.96. The molecular formula is C5H5F3N2O2S. The first-order chi connectivity index (χ1) is 5.82. The molecule has 0 radical (unpaired) electrons. The van der Waals surface area contributed by atoms with Gasteiger partial charge in [-0.05, 0) is 0 Å². The van der Waals surface area contributed by atoms with E-state index in [0.717, 1.165) is 4.68 Å². The normalized spacial score (nSPS) is 12.4. The fourth-order valence-electron chi connectivity index (χ4n) is 0.823. The molecule has 0 fully saturated rings. The Morgan fingerprint density at radius 3 is 2.38 bits per heavy atom. The molecule has 0 saturated carbocycles. The van der Waals surface area contributed by atoms with E-state index in [1.165, 1.54) is 7.05 Å². The van der Waals surface area contributed by atoms with Crippen molar-refractivity contribution >= 4 is 10.2 Å². The number of rotatable bonds is 2. The van der Waals surface area contributed by atoms with Gasteiger partial charge in [-0.15, -0.1) is 3.89 Å². The van der Waals surface area contributed by atoms with Crippen LogP contribution in [0, 0.1) is 0 Å². The molecule has 74 valence electrons. The van der Waals surface area contributed by atoms with Crippen molar-refractivity contribution in [1.82, 2.24) is 9.78 Å². The maximum Gasteiger partial charge on any atom is 0.335 e. The SMILES string of the molecule is Cn1cc(S(=O)(=O)F)c(C(F)F)n1. The summed E-state index contributed by atoms with van der Waals surface area (Å²) >= 11 is 0. The minimum atomic E-state index is -5.12. The quantitative estimate of drug-likeness (QED) is 0.690. The Morgan fingerprint density at radius 2 is 2.08 bits per heavy atom. The molecule has 0 aromatic carbocycles. The molecule has 1 aromatic rings. The van der Waals surface area contributed by atoms with Gasteiger partial charge in [-0.2, -0.15) is 13.5 Å². The highest BCUT2D eigenvalue weighted by atomic mass is 32.3. The molecule has 0 unspecified atom stereocenters. The molecule has 0 aliphatic carbocycles. The Labute approximate surface area is 72.2 Å². The Hall–Kier alpha value is -1.05. The van der Waals surface area contributed by atoms with Crippen molar-refractivity contribution in [1.29, 1.82) is 0 Å². The highest BCUT2D eigenvalue weighted by molar-refractivity contribution is 7.86. The van der Waals surface area contributed by atoms with Crippen molar-refractivity contribution in [2.75, 3.05) is 0 Å². The molecule has 8 heteroatoms. The van der Waals surface area contributed by atoms with E-state index in [1.54, 1.807) is 0 Å². The summed E-state index contributed by atoms with van der Waals surface area (Å²) in [5, 5.41) is 3.12. The molecular weight excluding hydrogens is 209 g/mol. The van der Waals surface area contributed by atoms with Crippen molar-refractivity contribution in [3.63, 3.8) is 0 Å². The first-order valence-electron chi connectivity index (χ1n) is 3.08. The van der Waals surface area contributed by atoms with Crippen LogP contribution >= 0.6 is 0 Å². The summed E-state index contributed by atoms with van der Waals surface area (Å²) in [5.41, 5.74) is -1.06. The van der Waals surface area contributed by atoms with Gasteiger partial charge in [-0.25, -0.2) is 8.78 Å². The highest BCUT2D eigenvalue weighted by Gasteiger charge is 2.26. The topological polar surface area (TPSA) is 52.0 Å². The third kappa shape index (κ3) is 2.00. The maximum absolute atomic E-state index is 12.3. The molecule has 1 rings (SSSR count). The van der Waals surface area contributed by atoms with E-state index >= 15 is 0 Å². The van der Waals surface area contributed by atoms with E-state index in [0.29, 0.717) is 6.20 Å². The van der Waals surface area contributed by atoms with Gasteiger partial charge in [0.2, 0.25) is 0 Å². The number of aryl methyl sites for hydroxylation is 1. The zero-order chi connectivity index (χ0) is 10.2. The summed E-state index contributed by atoms with van der Waals surface area (Å²) in [4.78, 5) is -1.08. The summed E-state index contributed by atoms with van der Waals surface area (Å²) in [6, 6.07) is 0.